The molecule has 2 heterocycles. The van der Waals surface area contributed by atoms with Gasteiger partial charge in [-0.3, -0.25) is 0 Å². The van der Waals surface area contributed by atoms with Crippen LogP contribution in [-0.4, -0.2) is 38.9 Å². The van der Waals surface area contributed by atoms with Crippen molar-refractivity contribution in [3.05, 3.63) is 10.9 Å². The van der Waals surface area contributed by atoms with E-state index < -0.39 is 0 Å². The average molecular weight is 284 g/mol. The van der Waals surface area contributed by atoms with E-state index in [1.807, 2.05) is 6.07 Å². The van der Waals surface area contributed by atoms with Gasteiger partial charge in [-0.1, -0.05) is 0 Å². The third-order valence-corrected chi connectivity index (χ3v) is 4.42. The zero-order valence-corrected chi connectivity index (χ0v) is 12.2. The molecule has 5 nitrogen and oxygen atoms in total. The average Bonchev–Trinajstić information content (AvgIpc) is 2.81. The number of nitrogens with zero attached hydrogens (tertiary/aromatic N) is 1. The van der Waals surface area contributed by atoms with Crippen LogP contribution in [0.25, 0.3) is 0 Å². The zero-order valence-electron chi connectivity index (χ0n) is 11.3. The van der Waals surface area contributed by atoms with Crippen LogP contribution in [0.15, 0.2) is 6.07 Å². The lowest BCUT2D eigenvalue weighted by molar-refractivity contribution is 0.0533. The van der Waals surface area contributed by atoms with Gasteiger partial charge in [0.05, 0.1) is 23.4 Å². The molecule has 1 unspecified atom stereocenters. The van der Waals surface area contributed by atoms with Crippen LogP contribution in [0, 0.1) is 0 Å². The Kier molecular flexibility index (Phi) is 4.66. The fourth-order valence-electron chi connectivity index (χ4n) is 2.23. The van der Waals surface area contributed by atoms with Crippen LogP contribution in [0.2, 0.25) is 0 Å². The molecule has 1 atom stereocenters. The van der Waals surface area contributed by atoms with E-state index in [9.17, 15) is 4.79 Å². The molecule has 1 saturated heterocycles. The van der Waals surface area contributed by atoms with Crippen LogP contribution in [0.5, 0.6) is 0 Å². The molecule has 2 N–H and O–H groups in total. The number of nitrogen functional groups attached to an aromatic ring is 1. The fourth-order valence-corrected chi connectivity index (χ4v) is 3.24. The molecule has 1 aliphatic heterocycles. The van der Waals surface area contributed by atoms with Crippen molar-refractivity contribution in [2.45, 2.75) is 25.9 Å². The fraction of sp³-hybridized carbons (Fsp3) is 0.615. The third-order valence-electron chi connectivity index (χ3n) is 3.23. The van der Waals surface area contributed by atoms with Crippen molar-refractivity contribution in [2.24, 2.45) is 0 Å². The predicted molar refractivity (Wildman–Crippen MR) is 76.9 cm³/mol. The van der Waals surface area contributed by atoms with Gasteiger partial charge in [-0.15, -0.1) is 11.3 Å². The van der Waals surface area contributed by atoms with E-state index in [4.69, 9.17) is 15.2 Å². The minimum Gasteiger partial charge on any atom is -0.462 e. The van der Waals surface area contributed by atoms with E-state index in [0.717, 1.165) is 30.9 Å². The lowest BCUT2D eigenvalue weighted by Gasteiger charge is -2.32. The molecule has 2 rings (SSSR count). The topological polar surface area (TPSA) is 64.8 Å². The smallest absolute Gasteiger partial charge is 0.350 e. The first kappa shape index (κ1) is 14.1. The highest BCUT2D eigenvalue weighted by molar-refractivity contribution is 7.18. The number of anilines is 2. The summed E-state index contributed by atoms with van der Waals surface area (Å²) in [5, 5.41) is 1.02. The highest BCUT2D eigenvalue weighted by Gasteiger charge is 2.23. The van der Waals surface area contributed by atoms with Gasteiger partial charge in [-0.2, -0.15) is 0 Å². The molecule has 0 radical (unpaired) electrons. The number of piperidine rings is 1. The van der Waals surface area contributed by atoms with Gasteiger partial charge in [0.25, 0.3) is 0 Å². The molecule has 1 aromatic rings. The molecule has 0 spiro atoms. The molecular formula is C13H20N2O3S. The second-order valence-corrected chi connectivity index (χ2v) is 5.57. The standard InChI is InChI=1S/C13H20N2O3S/c1-3-18-13(16)12-10(14)7-11(19-12)15-6-4-5-9(8-15)17-2/h7,9H,3-6,8,14H2,1-2H3. The Bertz CT molecular complexity index is 447. The van der Waals surface area contributed by atoms with Gasteiger partial charge < -0.3 is 20.1 Å². The Morgan fingerprint density at radius 2 is 2.42 bits per heavy atom. The monoisotopic (exact) mass is 284 g/mol. The van der Waals surface area contributed by atoms with Crippen molar-refractivity contribution in [2.75, 3.05) is 37.4 Å². The maximum absolute atomic E-state index is 11.7. The molecule has 106 valence electrons. The van der Waals surface area contributed by atoms with Crippen molar-refractivity contribution in [3.63, 3.8) is 0 Å². The van der Waals surface area contributed by atoms with Gasteiger partial charge >= 0.3 is 5.97 Å². The summed E-state index contributed by atoms with van der Waals surface area (Å²) in [6.07, 6.45) is 2.42. The summed E-state index contributed by atoms with van der Waals surface area (Å²) in [4.78, 5) is 14.5. The minimum atomic E-state index is -0.337. The van der Waals surface area contributed by atoms with E-state index in [1.165, 1.54) is 11.3 Å². The maximum atomic E-state index is 11.7. The van der Waals surface area contributed by atoms with E-state index in [-0.39, 0.29) is 12.1 Å². The second kappa shape index (κ2) is 6.25. The summed E-state index contributed by atoms with van der Waals surface area (Å²) in [6, 6.07) is 1.86. The number of carbonyl (C=O) groups excluding carboxylic acids is 1. The van der Waals surface area contributed by atoms with E-state index in [2.05, 4.69) is 4.90 Å². The maximum Gasteiger partial charge on any atom is 0.350 e. The van der Waals surface area contributed by atoms with Crippen molar-refractivity contribution in [1.82, 2.24) is 0 Å². The number of nitrogens with two attached hydrogens (primary N) is 1. The number of hydrogen-bond acceptors (Lipinski definition) is 6. The molecular weight excluding hydrogens is 264 g/mol. The van der Waals surface area contributed by atoms with Crippen LogP contribution in [0.3, 0.4) is 0 Å². The third kappa shape index (κ3) is 3.19. The van der Waals surface area contributed by atoms with Gasteiger partial charge in [0.2, 0.25) is 0 Å². The number of thiophene rings is 1. The summed E-state index contributed by atoms with van der Waals surface area (Å²) in [7, 11) is 1.74. The van der Waals surface area contributed by atoms with Gasteiger partial charge in [0.1, 0.15) is 4.88 Å². The number of carbonyl (C=O) groups is 1. The number of rotatable bonds is 4. The summed E-state index contributed by atoms with van der Waals surface area (Å²) >= 11 is 1.40. The highest BCUT2D eigenvalue weighted by atomic mass is 32.1. The van der Waals surface area contributed by atoms with E-state index in [1.54, 1.807) is 14.0 Å². The Labute approximate surface area is 117 Å². The van der Waals surface area contributed by atoms with Crippen molar-refractivity contribution >= 4 is 28.0 Å². The van der Waals surface area contributed by atoms with Crippen LogP contribution in [0.1, 0.15) is 29.4 Å². The molecule has 6 heteroatoms. The summed E-state index contributed by atoms with van der Waals surface area (Å²) in [5.74, 6) is -0.337. The molecule has 19 heavy (non-hydrogen) atoms. The molecule has 1 aromatic heterocycles. The Hall–Kier alpha value is -1.27. The predicted octanol–water partition coefficient (Wildman–Crippen LogP) is 2.12. The Morgan fingerprint density at radius 3 is 3.11 bits per heavy atom. The van der Waals surface area contributed by atoms with Crippen molar-refractivity contribution in [3.8, 4) is 0 Å². The quantitative estimate of drug-likeness (QED) is 0.858. The largest absolute Gasteiger partial charge is 0.462 e. The highest BCUT2D eigenvalue weighted by Crippen LogP contribution is 2.34. The molecule has 1 aliphatic rings. The first-order valence-corrected chi connectivity index (χ1v) is 7.31. The van der Waals surface area contributed by atoms with Crippen LogP contribution < -0.4 is 10.6 Å². The number of ether oxygens (including phenoxy) is 2. The number of esters is 1. The molecule has 1 fully saturated rings. The lowest BCUT2D eigenvalue weighted by Crippen LogP contribution is -2.38. The van der Waals surface area contributed by atoms with Crippen LogP contribution in [0.4, 0.5) is 10.7 Å². The van der Waals surface area contributed by atoms with Gasteiger partial charge in [-0.05, 0) is 25.8 Å². The molecule has 0 amide bonds. The lowest BCUT2D eigenvalue weighted by atomic mass is 10.1. The summed E-state index contributed by atoms with van der Waals surface area (Å²) in [5.41, 5.74) is 6.40. The summed E-state index contributed by atoms with van der Waals surface area (Å²) < 4.78 is 10.4. The van der Waals surface area contributed by atoms with Crippen LogP contribution >= 0.6 is 11.3 Å². The van der Waals surface area contributed by atoms with Crippen molar-refractivity contribution in [1.29, 1.82) is 0 Å². The number of hydrogen-bond donors (Lipinski definition) is 1. The first-order valence-electron chi connectivity index (χ1n) is 6.49. The van der Waals surface area contributed by atoms with Gasteiger partial charge in [0.15, 0.2) is 0 Å². The Morgan fingerprint density at radius 1 is 1.63 bits per heavy atom. The van der Waals surface area contributed by atoms with Gasteiger partial charge in [0, 0.05) is 20.2 Å². The molecule has 0 aromatic carbocycles. The van der Waals surface area contributed by atoms with Gasteiger partial charge in [-0.25, -0.2) is 4.79 Å². The molecule has 0 aliphatic carbocycles. The minimum absolute atomic E-state index is 0.253. The SMILES string of the molecule is CCOC(=O)c1sc(N2CCCC(OC)C2)cc1N. The molecule has 0 saturated carbocycles. The molecule has 0 bridgehead atoms. The second-order valence-electron chi connectivity index (χ2n) is 4.54. The van der Waals surface area contributed by atoms with E-state index in [0.29, 0.717) is 17.2 Å². The Balaban J connectivity index is 2.13. The van der Waals surface area contributed by atoms with E-state index >= 15 is 0 Å². The normalized spacial score (nSPS) is 19.5. The van der Waals surface area contributed by atoms with Crippen molar-refractivity contribution < 1.29 is 14.3 Å². The zero-order chi connectivity index (χ0) is 13.8. The number of methoxy groups -OCH3 is 1. The van der Waals surface area contributed by atoms with Crippen LogP contribution in [-0.2, 0) is 9.47 Å². The summed E-state index contributed by atoms with van der Waals surface area (Å²) in [6.45, 7) is 3.97. The first-order chi connectivity index (χ1) is 9.15.